The van der Waals surface area contributed by atoms with Crippen LogP contribution < -0.4 is 0 Å². The summed E-state index contributed by atoms with van der Waals surface area (Å²) in [5.74, 6) is 0. The predicted octanol–water partition coefficient (Wildman–Crippen LogP) is 3.99. The molecule has 3 nitrogen and oxygen atoms in total. The fraction of sp³-hybridized carbons (Fsp3) is 0.350. The first-order chi connectivity index (χ1) is 11.3. The molecule has 0 bridgehead atoms. The molecule has 0 radical (unpaired) electrons. The Balaban J connectivity index is 1.95. The van der Waals surface area contributed by atoms with Gasteiger partial charge in [-0.05, 0) is 44.5 Å². The second kappa shape index (κ2) is 9.80. The summed E-state index contributed by atoms with van der Waals surface area (Å²) < 4.78 is 0. The van der Waals surface area contributed by atoms with Gasteiger partial charge in [-0.2, -0.15) is 0 Å². The van der Waals surface area contributed by atoms with E-state index in [9.17, 15) is 0 Å². The third-order valence-electron chi connectivity index (χ3n) is 3.62. The van der Waals surface area contributed by atoms with Crippen molar-refractivity contribution in [3.05, 3.63) is 71.8 Å². The molecule has 2 aromatic rings. The molecule has 0 saturated carbocycles. The molecule has 122 valence electrons. The number of rotatable bonds is 9. The lowest BCUT2D eigenvalue weighted by Gasteiger charge is -2.10. The fourth-order valence-electron chi connectivity index (χ4n) is 2.35. The van der Waals surface area contributed by atoms with Crippen molar-refractivity contribution in [1.29, 1.82) is 0 Å². The van der Waals surface area contributed by atoms with Gasteiger partial charge in [-0.1, -0.05) is 65.8 Å². The van der Waals surface area contributed by atoms with E-state index in [1.165, 1.54) is 5.56 Å². The molecule has 0 N–H and O–H groups in total. The van der Waals surface area contributed by atoms with Crippen LogP contribution in [0, 0.1) is 0 Å². The maximum atomic E-state index is 5.55. The molecule has 0 fully saturated rings. The Morgan fingerprint density at radius 1 is 0.957 bits per heavy atom. The molecule has 0 spiro atoms. The highest BCUT2D eigenvalue weighted by atomic mass is 16.6. The molecule has 3 heteroatoms. The Morgan fingerprint density at radius 2 is 1.61 bits per heavy atom. The van der Waals surface area contributed by atoms with E-state index in [0.29, 0.717) is 6.61 Å². The minimum absolute atomic E-state index is 0.653. The molecular weight excluding hydrogens is 284 g/mol. The minimum atomic E-state index is 0.653. The zero-order valence-corrected chi connectivity index (χ0v) is 14.1. The molecule has 0 atom stereocenters. The number of benzene rings is 2. The first-order valence-electron chi connectivity index (χ1n) is 8.18. The van der Waals surface area contributed by atoms with E-state index in [1.54, 1.807) is 0 Å². The van der Waals surface area contributed by atoms with E-state index < -0.39 is 0 Å². The Bertz CT molecular complexity index is 579. The van der Waals surface area contributed by atoms with Gasteiger partial charge < -0.3 is 9.74 Å². The van der Waals surface area contributed by atoms with Gasteiger partial charge in [0.1, 0.15) is 6.61 Å². The topological polar surface area (TPSA) is 24.8 Å². The van der Waals surface area contributed by atoms with Crippen LogP contribution in [-0.4, -0.2) is 37.9 Å². The van der Waals surface area contributed by atoms with Gasteiger partial charge in [0, 0.05) is 6.54 Å². The van der Waals surface area contributed by atoms with Crippen LogP contribution in [0.15, 0.2) is 65.8 Å². The summed E-state index contributed by atoms with van der Waals surface area (Å²) in [4.78, 5) is 7.70. The van der Waals surface area contributed by atoms with Crippen LogP contribution in [0.25, 0.3) is 0 Å². The van der Waals surface area contributed by atoms with Crippen molar-refractivity contribution in [3.63, 3.8) is 0 Å². The Labute approximate surface area is 139 Å². The molecule has 2 aromatic carbocycles. The molecule has 0 amide bonds. The van der Waals surface area contributed by atoms with Crippen molar-refractivity contribution >= 4 is 5.71 Å². The molecule has 0 aromatic heterocycles. The SMILES string of the molecule is CN(C)CCCON=C(CCc1ccccc1)c1ccccc1. The quantitative estimate of drug-likeness (QED) is 0.397. The Kier molecular flexibility index (Phi) is 7.34. The lowest BCUT2D eigenvalue weighted by Crippen LogP contribution is -2.14. The lowest BCUT2D eigenvalue weighted by atomic mass is 10.0. The second-order valence-corrected chi connectivity index (χ2v) is 5.88. The minimum Gasteiger partial charge on any atom is -0.396 e. The van der Waals surface area contributed by atoms with Gasteiger partial charge in [-0.15, -0.1) is 0 Å². The van der Waals surface area contributed by atoms with Crippen molar-refractivity contribution in [1.82, 2.24) is 4.90 Å². The van der Waals surface area contributed by atoms with E-state index in [-0.39, 0.29) is 0 Å². The fourth-order valence-corrected chi connectivity index (χ4v) is 2.35. The van der Waals surface area contributed by atoms with E-state index in [2.05, 4.69) is 60.5 Å². The maximum absolute atomic E-state index is 5.55. The summed E-state index contributed by atoms with van der Waals surface area (Å²) in [5.41, 5.74) is 3.47. The van der Waals surface area contributed by atoms with Gasteiger partial charge in [0.15, 0.2) is 0 Å². The summed E-state index contributed by atoms with van der Waals surface area (Å²) in [6.45, 7) is 1.67. The van der Waals surface area contributed by atoms with Gasteiger partial charge in [0.05, 0.1) is 5.71 Å². The van der Waals surface area contributed by atoms with E-state index in [0.717, 1.165) is 37.1 Å². The van der Waals surface area contributed by atoms with Crippen molar-refractivity contribution in [2.75, 3.05) is 27.2 Å². The third-order valence-corrected chi connectivity index (χ3v) is 3.62. The van der Waals surface area contributed by atoms with Crippen LogP contribution in [0.1, 0.15) is 24.0 Å². The van der Waals surface area contributed by atoms with Crippen LogP contribution in [0.5, 0.6) is 0 Å². The van der Waals surface area contributed by atoms with Crippen LogP contribution in [0.3, 0.4) is 0 Å². The van der Waals surface area contributed by atoms with E-state index >= 15 is 0 Å². The summed E-state index contributed by atoms with van der Waals surface area (Å²) in [6.07, 6.45) is 2.83. The number of oxime groups is 1. The lowest BCUT2D eigenvalue weighted by molar-refractivity contribution is 0.134. The molecule has 0 aliphatic heterocycles. The third kappa shape index (κ3) is 6.66. The standard InChI is InChI=1S/C20H26N2O/c1-22(2)16-9-17-23-21-20(19-12-7-4-8-13-19)15-14-18-10-5-3-6-11-18/h3-8,10-13H,9,14-17H2,1-2H3. The van der Waals surface area contributed by atoms with Crippen molar-refractivity contribution in [2.24, 2.45) is 5.16 Å². The number of hydrogen-bond donors (Lipinski definition) is 0. The monoisotopic (exact) mass is 310 g/mol. The normalized spacial score (nSPS) is 11.7. The zero-order valence-electron chi connectivity index (χ0n) is 14.1. The van der Waals surface area contributed by atoms with Crippen molar-refractivity contribution in [2.45, 2.75) is 19.3 Å². The highest BCUT2D eigenvalue weighted by Crippen LogP contribution is 2.10. The van der Waals surface area contributed by atoms with Gasteiger partial charge in [0.25, 0.3) is 0 Å². The molecule has 0 aliphatic carbocycles. The largest absolute Gasteiger partial charge is 0.396 e. The molecule has 0 unspecified atom stereocenters. The van der Waals surface area contributed by atoms with Crippen molar-refractivity contribution < 1.29 is 4.84 Å². The number of aryl methyl sites for hydroxylation is 1. The number of hydrogen-bond acceptors (Lipinski definition) is 3. The Hall–Kier alpha value is -2.13. The Morgan fingerprint density at radius 3 is 2.26 bits per heavy atom. The van der Waals surface area contributed by atoms with Gasteiger partial charge in [-0.3, -0.25) is 0 Å². The first-order valence-corrected chi connectivity index (χ1v) is 8.18. The van der Waals surface area contributed by atoms with Crippen LogP contribution in [0.2, 0.25) is 0 Å². The average Bonchev–Trinajstić information content (AvgIpc) is 2.58. The average molecular weight is 310 g/mol. The smallest absolute Gasteiger partial charge is 0.118 e. The summed E-state index contributed by atoms with van der Waals surface area (Å²) in [5, 5.41) is 4.40. The maximum Gasteiger partial charge on any atom is 0.118 e. The molecule has 0 saturated heterocycles. The van der Waals surface area contributed by atoms with Crippen molar-refractivity contribution in [3.8, 4) is 0 Å². The highest BCUT2D eigenvalue weighted by molar-refractivity contribution is 6.00. The summed E-state index contributed by atoms with van der Waals surface area (Å²) in [6, 6.07) is 20.8. The van der Waals surface area contributed by atoms with Gasteiger partial charge >= 0.3 is 0 Å². The van der Waals surface area contributed by atoms with Crippen LogP contribution in [0.4, 0.5) is 0 Å². The zero-order chi connectivity index (χ0) is 16.3. The molecule has 2 rings (SSSR count). The highest BCUT2D eigenvalue weighted by Gasteiger charge is 2.05. The van der Waals surface area contributed by atoms with Gasteiger partial charge in [-0.25, -0.2) is 0 Å². The molecule has 0 heterocycles. The molecule has 0 aliphatic rings. The van der Waals surface area contributed by atoms with E-state index in [1.807, 2.05) is 24.3 Å². The van der Waals surface area contributed by atoms with Crippen LogP contribution in [-0.2, 0) is 11.3 Å². The predicted molar refractivity (Wildman–Crippen MR) is 96.9 cm³/mol. The van der Waals surface area contributed by atoms with E-state index in [4.69, 9.17) is 4.84 Å². The molecule has 23 heavy (non-hydrogen) atoms. The van der Waals surface area contributed by atoms with Crippen LogP contribution >= 0.6 is 0 Å². The second-order valence-electron chi connectivity index (χ2n) is 5.88. The molecular formula is C20H26N2O. The summed E-state index contributed by atoms with van der Waals surface area (Å²) in [7, 11) is 4.14. The van der Waals surface area contributed by atoms with Gasteiger partial charge in [0.2, 0.25) is 0 Å². The summed E-state index contributed by atoms with van der Waals surface area (Å²) >= 11 is 0. The first kappa shape index (κ1) is 17.2. The number of nitrogens with zero attached hydrogens (tertiary/aromatic N) is 2.